The normalized spacial score (nSPS) is 10.3. The Labute approximate surface area is 81.4 Å². The van der Waals surface area contributed by atoms with Gasteiger partial charge in [-0.25, -0.2) is 8.78 Å². The molecule has 0 aliphatic heterocycles. The van der Waals surface area contributed by atoms with Crippen LogP contribution in [0, 0.1) is 23.0 Å². The lowest BCUT2D eigenvalue weighted by Gasteiger charge is -2.09. The van der Waals surface area contributed by atoms with Crippen LogP contribution in [0.15, 0.2) is 12.1 Å². The second-order valence-corrected chi connectivity index (χ2v) is 3.28. The van der Waals surface area contributed by atoms with Crippen LogP contribution >= 0.6 is 0 Å². The highest BCUT2D eigenvalue weighted by molar-refractivity contribution is 5.35. The van der Waals surface area contributed by atoms with Gasteiger partial charge in [-0.3, -0.25) is 0 Å². The van der Waals surface area contributed by atoms with Crippen LogP contribution in [-0.2, 0) is 6.54 Å². The smallest absolute Gasteiger partial charge is 0.144 e. The average Bonchev–Trinajstić information content (AvgIpc) is 2.01. The molecule has 2 nitrogen and oxygen atoms in total. The van der Waals surface area contributed by atoms with E-state index >= 15 is 0 Å². The van der Waals surface area contributed by atoms with Crippen molar-refractivity contribution >= 4 is 0 Å². The largest absolute Gasteiger partial charge is 0.305 e. The van der Waals surface area contributed by atoms with Crippen molar-refractivity contribution in [2.24, 2.45) is 0 Å². The van der Waals surface area contributed by atoms with Crippen LogP contribution in [0.25, 0.3) is 0 Å². The van der Waals surface area contributed by atoms with E-state index in [4.69, 9.17) is 5.26 Å². The van der Waals surface area contributed by atoms with Gasteiger partial charge in [0.05, 0.1) is 0 Å². The maximum atomic E-state index is 13.1. The van der Waals surface area contributed by atoms with Crippen LogP contribution in [0.5, 0.6) is 0 Å². The Morgan fingerprint density at radius 1 is 1.29 bits per heavy atom. The van der Waals surface area contributed by atoms with Crippen molar-refractivity contribution in [3.8, 4) is 6.07 Å². The minimum absolute atomic E-state index is 0.444. The fourth-order valence-corrected chi connectivity index (χ4v) is 1.19. The highest BCUT2D eigenvalue weighted by atomic mass is 19.1. The van der Waals surface area contributed by atoms with Gasteiger partial charge in [-0.2, -0.15) is 5.26 Å². The molecule has 0 saturated carbocycles. The van der Waals surface area contributed by atoms with E-state index in [1.54, 1.807) is 19.0 Å². The van der Waals surface area contributed by atoms with Gasteiger partial charge in [-0.05, 0) is 31.8 Å². The number of hydrogen-bond donors (Lipinski definition) is 0. The molecule has 0 atom stereocenters. The van der Waals surface area contributed by atoms with Crippen molar-refractivity contribution in [3.63, 3.8) is 0 Å². The van der Waals surface area contributed by atoms with Crippen LogP contribution in [0.4, 0.5) is 8.78 Å². The second-order valence-electron chi connectivity index (χ2n) is 3.28. The highest BCUT2D eigenvalue weighted by Gasteiger charge is 2.10. The molecule has 1 aromatic carbocycles. The van der Waals surface area contributed by atoms with E-state index in [1.165, 1.54) is 18.2 Å². The molecule has 0 aromatic heterocycles. The van der Waals surface area contributed by atoms with Crippen LogP contribution in [-0.4, -0.2) is 19.0 Å². The van der Waals surface area contributed by atoms with Crippen molar-refractivity contribution in [2.75, 3.05) is 14.1 Å². The van der Waals surface area contributed by atoms with Gasteiger partial charge in [0.15, 0.2) is 0 Å². The summed E-state index contributed by atoms with van der Waals surface area (Å²) in [7, 11) is 3.60. The topological polar surface area (TPSA) is 27.0 Å². The minimum atomic E-state index is -0.802. The van der Waals surface area contributed by atoms with E-state index in [1.807, 2.05) is 0 Å². The quantitative estimate of drug-likeness (QED) is 0.722. The minimum Gasteiger partial charge on any atom is -0.305 e. The summed E-state index contributed by atoms with van der Waals surface area (Å²) in [6.07, 6.45) is 0. The van der Waals surface area contributed by atoms with Crippen LogP contribution < -0.4 is 0 Å². The number of benzene rings is 1. The van der Waals surface area contributed by atoms with E-state index in [0.29, 0.717) is 12.1 Å². The fraction of sp³-hybridized carbons (Fsp3) is 0.300. The molecule has 1 rings (SSSR count). The Hall–Kier alpha value is -1.47. The molecule has 1 aromatic rings. The summed E-state index contributed by atoms with van der Waals surface area (Å²) in [4.78, 5) is 1.79. The summed E-state index contributed by atoms with van der Waals surface area (Å²) in [5, 5.41) is 8.43. The number of halogens is 2. The first-order valence-electron chi connectivity index (χ1n) is 4.07. The van der Waals surface area contributed by atoms with Gasteiger partial charge in [0, 0.05) is 6.54 Å². The standard InChI is InChI=1S/C10H10F2N2/c1-14(2)6-7-3-9(11)8(5-13)10(12)4-7/h3-4H,6H2,1-2H3. The molecular formula is C10H10F2N2. The van der Waals surface area contributed by atoms with Crippen LogP contribution in [0.3, 0.4) is 0 Å². The number of nitrogens with zero attached hydrogens (tertiary/aromatic N) is 2. The summed E-state index contributed by atoms with van der Waals surface area (Å²) < 4.78 is 26.2. The molecule has 0 aliphatic carbocycles. The summed E-state index contributed by atoms with van der Waals surface area (Å²) in [6.45, 7) is 0.444. The van der Waals surface area contributed by atoms with Gasteiger partial charge in [0.2, 0.25) is 0 Å². The third-order valence-corrected chi connectivity index (χ3v) is 1.71. The van der Waals surface area contributed by atoms with Crippen molar-refractivity contribution in [3.05, 3.63) is 34.9 Å². The SMILES string of the molecule is CN(C)Cc1cc(F)c(C#N)c(F)c1. The number of hydrogen-bond acceptors (Lipinski definition) is 2. The lowest BCUT2D eigenvalue weighted by Crippen LogP contribution is -2.11. The third kappa shape index (κ3) is 2.27. The van der Waals surface area contributed by atoms with Gasteiger partial charge >= 0.3 is 0 Å². The average molecular weight is 196 g/mol. The third-order valence-electron chi connectivity index (χ3n) is 1.71. The van der Waals surface area contributed by atoms with Crippen molar-refractivity contribution < 1.29 is 8.78 Å². The number of rotatable bonds is 2. The number of nitriles is 1. The highest BCUT2D eigenvalue weighted by Crippen LogP contribution is 2.15. The Balaban J connectivity index is 3.09. The molecule has 0 heterocycles. The lowest BCUT2D eigenvalue weighted by atomic mass is 10.1. The summed E-state index contributed by atoms with van der Waals surface area (Å²) >= 11 is 0. The zero-order valence-corrected chi connectivity index (χ0v) is 8.01. The van der Waals surface area contributed by atoms with E-state index < -0.39 is 17.2 Å². The fourth-order valence-electron chi connectivity index (χ4n) is 1.19. The molecule has 74 valence electrons. The Kier molecular flexibility index (Phi) is 3.15. The van der Waals surface area contributed by atoms with Gasteiger partial charge in [0.25, 0.3) is 0 Å². The Morgan fingerprint density at radius 3 is 2.14 bits per heavy atom. The van der Waals surface area contributed by atoms with Crippen molar-refractivity contribution in [1.82, 2.24) is 4.90 Å². The molecule has 4 heteroatoms. The van der Waals surface area contributed by atoms with E-state index in [-0.39, 0.29) is 0 Å². The first-order chi connectivity index (χ1) is 6.54. The first kappa shape index (κ1) is 10.6. The maximum absolute atomic E-state index is 13.1. The molecule has 0 spiro atoms. The zero-order valence-electron chi connectivity index (χ0n) is 8.01. The summed E-state index contributed by atoms with van der Waals surface area (Å²) in [5.74, 6) is -1.60. The van der Waals surface area contributed by atoms with Crippen molar-refractivity contribution in [1.29, 1.82) is 5.26 Å². The molecular weight excluding hydrogens is 186 g/mol. The molecule has 0 bridgehead atoms. The Bertz CT molecular complexity index is 357. The molecule has 0 saturated heterocycles. The van der Waals surface area contributed by atoms with E-state index in [0.717, 1.165) is 0 Å². The molecule has 0 radical (unpaired) electrons. The summed E-state index contributed by atoms with van der Waals surface area (Å²) in [5.41, 5.74) is -0.00324. The zero-order chi connectivity index (χ0) is 10.7. The second kappa shape index (κ2) is 4.16. The van der Waals surface area contributed by atoms with Crippen LogP contribution in [0.1, 0.15) is 11.1 Å². The van der Waals surface area contributed by atoms with Crippen LogP contribution in [0.2, 0.25) is 0 Å². The van der Waals surface area contributed by atoms with Gasteiger partial charge in [-0.15, -0.1) is 0 Å². The molecule has 0 unspecified atom stereocenters. The van der Waals surface area contributed by atoms with E-state index in [9.17, 15) is 8.78 Å². The van der Waals surface area contributed by atoms with Gasteiger partial charge < -0.3 is 4.90 Å². The summed E-state index contributed by atoms with van der Waals surface area (Å²) in [6, 6.07) is 3.84. The predicted octanol–water partition coefficient (Wildman–Crippen LogP) is 1.90. The molecule has 0 fully saturated rings. The van der Waals surface area contributed by atoms with Crippen molar-refractivity contribution in [2.45, 2.75) is 6.54 Å². The predicted molar refractivity (Wildman–Crippen MR) is 48.5 cm³/mol. The molecule has 0 N–H and O–H groups in total. The maximum Gasteiger partial charge on any atom is 0.144 e. The van der Waals surface area contributed by atoms with E-state index in [2.05, 4.69) is 0 Å². The lowest BCUT2D eigenvalue weighted by molar-refractivity contribution is 0.400. The first-order valence-corrected chi connectivity index (χ1v) is 4.07. The van der Waals surface area contributed by atoms with Gasteiger partial charge in [0.1, 0.15) is 23.3 Å². The molecule has 0 aliphatic rings. The molecule has 0 amide bonds. The van der Waals surface area contributed by atoms with Gasteiger partial charge in [-0.1, -0.05) is 0 Å². The monoisotopic (exact) mass is 196 g/mol. The Morgan fingerprint density at radius 2 is 1.79 bits per heavy atom. The molecule has 14 heavy (non-hydrogen) atoms.